The maximum atomic E-state index is 14.0. The number of halogens is 1. The first kappa shape index (κ1) is 18.6. The van der Waals surface area contributed by atoms with E-state index >= 15 is 0 Å². The van der Waals surface area contributed by atoms with Gasteiger partial charge in [0.05, 0.1) is 24.8 Å². The minimum Gasteiger partial charge on any atom is -0.481 e. The Kier molecular flexibility index (Phi) is 6.68. The predicted octanol–water partition coefficient (Wildman–Crippen LogP) is 2.61. The van der Waals surface area contributed by atoms with Gasteiger partial charge in [0.15, 0.2) is 0 Å². The van der Waals surface area contributed by atoms with Crippen LogP contribution in [0.2, 0.25) is 0 Å². The fourth-order valence-electron chi connectivity index (χ4n) is 1.88. The van der Waals surface area contributed by atoms with Gasteiger partial charge in [-0.2, -0.15) is 0 Å². The average Bonchev–Trinajstić information content (AvgIpc) is 2.52. The van der Waals surface area contributed by atoms with E-state index in [0.29, 0.717) is 0 Å². The third kappa shape index (κ3) is 6.06. The zero-order chi connectivity index (χ0) is 17.5. The van der Waals surface area contributed by atoms with Crippen LogP contribution >= 0.6 is 0 Å². The molecule has 0 saturated carbocycles. The van der Waals surface area contributed by atoms with Crippen molar-refractivity contribution in [3.8, 4) is 0 Å². The second-order valence-electron chi connectivity index (χ2n) is 5.23. The highest BCUT2D eigenvalue weighted by Crippen LogP contribution is 2.22. The Morgan fingerprint density at radius 1 is 1.13 bits per heavy atom. The Balaban J connectivity index is 2.61. The van der Waals surface area contributed by atoms with Crippen LogP contribution in [0.4, 0.5) is 4.39 Å². The summed E-state index contributed by atoms with van der Waals surface area (Å²) in [6.07, 6.45) is -0.600. The normalized spacial score (nSPS) is 13.0. The number of carbonyl (C=O) groups is 3. The van der Waals surface area contributed by atoms with Gasteiger partial charge in [-0.3, -0.25) is 4.79 Å². The van der Waals surface area contributed by atoms with E-state index in [9.17, 15) is 18.8 Å². The standard InChI is InChI=1S/C16H19FO6/c1-16(17,8-7-13(18)19)9-10-23-15(21)12-6-4-3-5-11(12)14(20)22-2/h3-6H,7-10H2,1-2H3,(H,18,19). The molecule has 6 nitrogen and oxygen atoms in total. The van der Waals surface area contributed by atoms with E-state index in [1.54, 1.807) is 12.1 Å². The van der Waals surface area contributed by atoms with Crippen LogP contribution in [0.1, 0.15) is 46.9 Å². The van der Waals surface area contributed by atoms with Gasteiger partial charge in [-0.1, -0.05) is 12.1 Å². The molecule has 1 rings (SSSR count). The number of ether oxygens (including phenoxy) is 2. The molecular weight excluding hydrogens is 307 g/mol. The summed E-state index contributed by atoms with van der Waals surface area (Å²) >= 11 is 0. The van der Waals surface area contributed by atoms with Crippen molar-refractivity contribution in [2.24, 2.45) is 0 Å². The topological polar surface area (TPSA) is 89.9 Å². The molecule has 0 saturated heterocycles. The number of carbonyl (C=O) groups excluding carboxylic acids is 2. The summed E-state index contributed by atoms with van der Waals surface area (Å²) in [6, 6.07) is 5.98. The maximum absolute atomic E-state index is 14.0. The number of benzene rings is 1. The van der Waals surface area contributed by atoms with Crippen LogP contribution < -0.4 is 0 Å². The molecule has 126 valence electrons. The van der Waals surface area contributed by atoms with Gasteiger partial charge in [0.1, 0.15) is 5.67 Å². The second kappa shape index (κ2) is 8.26. The first-order valence-electron chi connectivity index (χ1n) is 7.02. The SMILES string of the molecule is COC(=O)c1ccccc1C(=O)OCCC(C)(F)CCC(=O)O. The van der Waals surface area contributed by atoms with Crippen LogP contribution in [0, 0.1) is 0 Å². The monoisotopic (exact) mass is 326 g/mol. The van der Waals surface area contributed by atoms with E-state index in [-0.39, 0.29) is 37.0 Å². The lowest BCUT2D eigenvalue weighted by Crippen LogP contribution is -2.23. The van der Waals surface area contributed by atoms with Crippen molar-refractivity contribution in [3.05, 3.63) is 35.4 Å². The van der Waals surface area contributed by atoms with Crippen molar-refractivity contribution in [1.29, 1.82) is 0 Å². The maximum Gasteiger partial charge on any atom is 0.339 e. The van der Waals surface area contributed by atoms with Gasteiger partial charge < -0.3 is 14.6 Å². The van der Waals surface area contributed by atoms with Crippen molar-refractivity contribution < 1.29 is 33.4 Å². The molecule has 1 N–H and O–H groups in total. The fourth-order valence-corrected chi connectivity index (χ4v) is 1.88. The fraction of sp³-hybridized carbons (Fsp3) is 0.438. The zero-order valence-corrected chi connectivity index (χ0v) is 13.0. The largest absolute Gasteiger partial charge is 0.481 e. The van der Waals surface area contributed by atoms with Crippen LogP contribution in [-0.2, 0) is 14.3 Å². The molecule has 0 amide bonds. The zero-order valence-electron chi connectivity index (χ0n) is 13.0. The molecule has 0 radical (unpaired) electrons. The van der Waals surface area contributed by atoms with Gasteiger partial charge in [-0.05, 0) is 25.5 Å². The number of rotatable bonds is 8. The number of carboxylic acid groups (broad SMARTS) is 1. The third-order valence-electron chi connectivity index (χ3n) is 3.27. The van der Waals surface area contributed by atoms with Crippen LogP contribution in [0.3, 0.4) is 0 Å². The Bertz CT molecular complexity index is 582. The number of alkyl halides is 1. The lowest BCUT2D eigenvalue weighted by Gasteiger charge is -2.19. The van der Waals surface area contributed by atoms with Gasteiger partial charge in [-0.25, -0.2) is 14.0 Å². The number of aliphatic carboxylic acids is 1. The Morgan fingerprint density at radius 2 is 1.70 bits per heavy atom. The molecule has 0 heterocycles. The molecule has 7 heteroatoms. The Morgan fingerprint density at radius 3 is 2.22 bits per heavy atom. The molecule has 1 unspecified atom stereocenters. The minimum absolute atomic E-state index is 0.0328. The lowest BCUT2D eigenvalue weighted by atomic mass is 9.99. The van der Waals surface area contributed by atoms with E-state index in [1.165, 1.54) is 26.2 Å². The first-order chi connectivity index (χ1) is 10.8. The summed E-state index contributed by atoms with van der Waals surface area (Å²) in [5, 5.41) is 8.55. The highest BCUT2D eigenvalue weighted by molar-refractivity contribution is 6.03. The Hall–Kier alpha value is -2.44. The number of carboxylic acids is 1. The molecule has 1 aromatic carbocycles. The summed E-state index contributed by atoms with van der Waals surface area (Å²) in [5.74, 6) is -2.52. The molecule has 0 aromatic heterocycles. The molecular formula is C16H19FO6. The summed E-state index contributed by atoms with van der Waals surface area (Å²) < 4.78 is 23.6. The Labute approximate surface area is 133 Å². The van der Waals surface area contributed by atoms with Crippen molar-refractivity contribution in [1.82, 2.24) is 0 Å². The number of methoxy groups -OCH3 is 1. The van der Waals surface area contributed by atoms with E-state index in [4.69, 9.17) is 9.84 Å². The summed E-state index contributed by atoms with van der Waals surface area (Å²) in [5.41, 5.74) is -1.65. The smallest absolute Gasteiger partial charge is 0.339 e. The van der Waals surface area contributed by atoms with Crippen LogP contribution in [0.5, 0.6) is 0 Å². The van der Waals surface area contributed by atoms with E-state index < -0.39 is 23.6 Å². The molecule has 0 aliphatic carbocycles. The van der Waals surface area contributed by atoms with Crippen molar-refractivity contribution in [2.45, 2.75) is 31.9 Å². The van der Waals surface area contributed by atoms with Gasteiger partial charge >= 0.3 is 17.9 Å². The number of hydrogen-bond donors (Lipinski definition) is 1. The highest BCUT2D eigenvalue weighted by Gasteiger charge is 2.25. The molecule has 1 atom stereocenters. The van der Waals surface area contributed by atoms with Crippen LogP contribution in [0.15, 0.2) is 24.3 Å². The predicted molar refractivity (Wildman–Crippen MR) is 79.1 cm³/mol. The summed E-state index contributed by atoms with van der Waals surface area (Å²) in [7, 11) is 1.20. The van der Waals surface area contributed by atoms with E-state index in [0.717, 1.165) is 0 Å². The van der Waals surface area contributed by atoms with Crippen LogP contribution in [0.25, 0.3) is 0 Å². The molecule has 0 aliphatic rings. The first-order valence-corrected chi connectivity index (χ1v) is 7.02. The number of esters is 2. The lowest BCUT2D eigenvalue weighted by molar-refractivity contribution is -0.137. The van der Waals surface area contributed by atoms with Gasteiger partial charge in [0.2, 0.25) is 0 Å². The van der Waals surface area contributed by atoms with E-state index in [2.05, 4.69) is 4.74 Å². The van der Waals surface area contributed by atoms with Crippen molar-refractivity contribution in [3.63, 3.8) is 0 Å². The molecule has 0 aliphatic heterocycles. The molecule has 0 spiro atoms. The van der Waals surface area contributed by atoms with Crippen molar-refractivity contribution >= 4 is 17.9 Å². The molecule has 1 aromatic rings. The molecule has 23 heavy (non-hydrogen) atoms. The van der Waals surface area contributed by atoms with Gasteiger partial charge in [0.25, 0.3) is 0 Å². The summed E-state index contributed by atoms with van der Waals surface area (Å²) in [6.45, 7) is 1.03. The quantitative estimate of drug-likeness (QED) is 0.739. The van der Waals surface area contributed by atoms with Gasteiger partial charge in [0, 0.05) is 12.8 Å². The third-order valence-corrected chi connectivity index (χ3v) is 3.27. The summed E-state index contributed by atoms with van der Waals surface area (Å²) in [4.78, 5) is 34.0. The van der Waals surface area contributed by atoms with Crippen molar-refractivity contribution in [2.75, 3.05) is 13.7 Å². The van der Waals surface area contributed by atoms with Crippen LogP contribution in [-0.4, -0.2) is 42.4 Å². The number of hydrogen-bond acceptors (Lipinski definition) is 5. The van der Waals surface area contributed by atoms with E-state index in [1.807, 2.05) is 0 Å². The van der Waals surface area contributed by atoms with Gasteiger partial charge in [-0.15, -0.1) is 0 Å². The minimum atomic E-state index is -1.75. The molecule has 0 fully saturated rings. The molecule has 0 bridgehead atoms. The highest BCUT2D eigenvalue weighted by atomic mass is 19.1. The second-order valence-corrected chi connectivity index (χ2v) is 5.23. The average molecular weight is 326 g/mol.